The van der Waals surface area contributed by atoms with Gasteiger partial charge in [0.25, 0.3) is 0 Å². The standard InChI is InChI=1S/C8H11N3.ClH/c1-6-10-5-2-7(11-6)8(9)3-4-8;/h2,5H,3-4,9H2,1H3;1H. The van der Waals surface area contributed by atoms with E-state index in [9.17, 15) is 0 Å². The van der Waals surface area contributed by atoms with Crippen molar-refractivity contribution in [2.24, 2.45) is 5.73 Å². The number of rotatable bonds is 1. The molecule has 1 aliphatic rings. The van der Waals surface area contributed by atoms with Crippen molar-refractivity contribution < 1.29 is 0 Å². The fourth-order valence-corrected chi connectivity index (χ4v) is 1.12. The van der Waals surface area contributed by atoms with E-state index in [1.807, 2.05) is 13.0 Å². The Bertz CT molecular complexity index is 283. The molecule has 2 rings (SSSR count). The van der Waals surface area contributed by atoms with Crippen LogP contribution < -0.4 is 5.73 Å². The molecule has 12 heavy (non-hydrogen) atoms. The first-order chi connectivity index (χ1) is 5.21. The summed E-state index contributed by atoms with van der Waals surface area (Å²) in [4.78, 5) is 8.29. The van der Waals surface area contributed by atoms with E-state index in [-0.39, 0.29) is 17.9 Å². The number of aryl methyl sites for hydroxylation is 1. The normalized spacial score (nSPS) is 18.2. The molecule has 0 aliphatic heterocycles. The van der Waals surface area contributed by atoms with Gasteiger partial charge >= 0.3 is 0 Å². The van der Waals surface area contributed by atoms with E-state index >= 15 is 0 Å². The number of halogens is 1. The summed E-state index contributed by atoms with van der Waals surface area (Å²) in [6.45, 7) is 1.88. The van der Waals surface area contributed by atoms with Crippen LogP contribution in [-0.2, 0) is 5.54 Å². The lowest BCUT2D eigenvalue weighted by molar-refractivity contribution is 0.697. The molecule has 0 atom stereocenters. The van der Waals surface area contributed by atoms with Crippen LogP contribution in [0, 0.1) is 6.92 Å². The first-order valence-electron chi connectivity index (χ1n) is 3.80. The van der Waals surface area contributed by atoms with E-state index in [0.29, 0.717) is 0 Å². The van der Waals surface area contributed by atoms with Crippen LogP contribution >= 0.6 is 12.4 Å². The second-order valence-electron chi connectivity index (χ2n) is 3.15. The molecule has 0 amide bonds. The number of nitrogens with zero attached hydrogens (tertiary/aromatic N) is 2. The van der Waals surface area contributed by atoms with Gasteiger partial charge in [-0.3, -0.25) is 0 Å². The fraction of sp³-hybridized carbons (Fsp3) is 0.500. The van der Waals surface area contributed by atoms with Gasteiger partial charge in [0.1, 0.15) is 5.82 Å². The third-order valence-corrected chi connectivity index (χ3v) is 2.07. The highest BCUT2D eigenvalue weighted by Crippen LogP contribution is 2.41. The van der Waals surface area contributed by atoms with E-state index in [1.54, 1.807) is 6.20 Å². The van der Waals surface area contributed by atoms with Gasteiger partial charge in [-0.1, -0.05) is 0 Å². The summed E-state index contributed by atoms with van der Waals surface area (Å²) >= 11 is 0. The second kappa shape index (κ2) is 2.99. The van der Waals surface area contributed by atoms with Gasteiger partial charge in [-0.25, -0.2) is 9.97 Å². The third kappa shape index (κ3) is 1.57. The van der Waals surface area contributed by atoms with Crippen LogP contribution in [0.3, 0.4) is 0 Å². The molecule has 1 aromatic heterocycles. The average molecular weight is 186 g/mol. The molecular weight excluding hydrogens is 174 g/mol. The molecule has 2 N–H and O–H groups in total. The minimum atomic E-state index is -0.117. The molecule has 0 bridgehead atoms. The van der Waals surface area contributed by atoms with Crippen molar-refractivity contribution >= 4 is 12.4 Å². The Morgan fingerprint density at radius 3 is 2.67 bits per heavy atom. The smallest absolute Gasteiger partial charge is 0.125 e. The van der Waals surface area contributed by atoms with E-state index in [2.05, 4.69) is 9.97 Å². The van der Waals surface area contributed by atoms with Gasteiger partial charge in [0.2, 0.25) is 0 Å². The van der Waals surface area contributed by atoms with E-state index in [0.717, 1.165) is 24.4 Å². The Balaban J connectivity index is 0.000000720. The van der Waals surface area contributed by atoms with Crippen LogP contribution in [0.2, 0.25) is 0 Å². The molecule has 1 fully saturated rings. The largest absolute Gasteiger partial charge is 0.320 e. The van der Waals surface area contributed by atoms with Crippen molar-refractivity contribution in [2.75, 3.05) is 0 Å². The molecule has 4 heteroatoms. The molecule has 0 radical (unpaired) electrons. The fourth-order valence-electron chi connectivity index (χ4n) is 1.12. The zero-order chi connectivity index (χ0) is 7.90. The monoisotopic (exact) mass is 185 g/mol. The summed E-state index contributed by atoms with van der Waals surface area (Å²) in [6, 6.07) is 1.90. The summed E-state index contributed by atoms with van der Waals surface area (Å²) in [5.41, 5.74) is 6.82. The van der Waals surface area contributed by atoms with E-state index in [1.165, 1.54) is 0 Å². The molecule has 1 aromatic rings. The molecule has 0 spiro atoms. The molecule has 1 aliphatic carbocycles. The molecule has 0 aromatic carbocycles. The average Bonchev–Trinajstić information content (AvgIpc) is 2.70. The van der Waals surface area contributed by atoms with Gasteiger partial charge in [-0.05, 0) is 25.8 Å². The molecule has 3 nitrogen and oxygen atoms in total. The van der Waals surface area contributed by atoms with Crippen molar-refractivity contribution in [2.45, 2.75) is 25.3 Å². The van der Waals surface area contributed by atoms with Crippen molar-refractivity contribution in [3.8, 4) is 0 Å². The maximum Gasteiger partial charge on any atom is 0.125 e. The van der Waals surface area contributed by atoms with Crippen LogP contribution in [0.4, 0.5) is 0 Å². The van der Waals surface area contributed by atoms with Crippen molar-refractivity contribution in [1.82, 2.24) is 9.97 Å². The number of hydrogen-bond acceptors (Lipinski definition) is 3. The quantitative estimate of drug-likeness (QED) is 0.715. The van der Waals surface area contributed by atoms with Crippen LogP contribution in [-0.4, -0.2) is 9.97 Å². The summed E-state index contributed by atoms with van der Waals surface area (Å²) in [6.07, 6.45) is 3.89. The number of nitrogens with two attached hydrogens (primary N) is 1. The highest BCUT2D eigenvalue weighted by atomic mass is 35.5. The van der Waals surface area contributed by atoms with Crippen molar-refractivity contribution in [3.05, 3.63) is 23.8 Å². The highest BCUT2D eigenvalue weighted by molar-refractivity contribution is 5.85. The lowest BCUT2D eigenvalue weighted by atomic mass is 10.2. The number of aromatic nitrogens is 2. The molecule has 66 valence electrons. The third-order valence-electron chi connectivity index (χ3n) is 2.07. The summed E-state index contributed by atoms with van der Waals surface area (Å²) < 4.78 is 0. The van der Waals surface area contributed by atoms with Gasteiger partial charge in [-0.2, -0.15) is 0 Å². The molecular formula is C8H12ClN3. The zero-order valence-corrected chi connectivity index (χ0v) is 7.77. The predicted molar refractivity (Wildman–Crippen MR) is 49.1 cm³/mol. The van der Waals surface area contributed by atoms with Gasteiger partial charge in [-0.15, -0.1) is 12.4 Å². The van der Waals surface area contributed by atoms with Gasteiger partial charge < -0.3 is 5.73 Å². The first-order valence-corrected chi connectivity index (χ1v) is 3.80. The maximum atomic E-state index is 5.95. The Morgan fingerprint density at radius 1 is 1.50 bits per heavy atom. The Hall–Kier alpha value is -0.670. The molecule has 1 heterocycles. The van der Waals surface area contributed by atoms with Crippen LogP contribution in [0.1, 0.15) is 24.4 Å². The van der Waals surface area contributed by atoms with Crippen molar-refractivity contribution in [1.29, 1.82) is 0 Å². The summed E-state index contributed by atoms with van der Waals surface area (Å²) in [5.74, 6) is 0.805. The minimum Gasteiger partial charge on any atom is -0.320 e. The highest BCUT2D eigenvalue weighted by Gasteiger charge is 2.41. The Labute approximate surface area is 77.8 Å². The van der Waals surface area contributed by atoms with Crippen LogP contribution in [0.5, 0.6) is 0 Å². The minimum absolute atomic E-state index is 0. The molecule has 0 unspecified atom stereocenters. The summed E-state index contributed by atoms with van der Waals surface area (Å²) in [7, 11) is 0. The predicted octanol–water partition coefficient (Wildman–Crippen LogP) is 1.15. The van der Waals surface area contributed by atoms with E-state index < -0.39 is 0 Å². The number of hydrogen-bond donors (Lipinski definition) is 1. The lowest BCUT2D eigenvalue weighted by Crippen LogP contribution is -2.20. The SMILES string of the molecule is Cc1nccc(C2(N)CC2)n1.Cl. The van der Waals surface area contributed by atoms with Crippen molar-refractivity contribution in [3.63, 3.8) is 0 Å². The molecule has 1 saturated carbocycles. The first kappa shape index (κ1) is 9.42. The topological polar surface area (TPSA) is 51.8 Å². The molecule has 0 saturated heterocycles. The second-order valence-corrected chi connectivity index (χ2v) is 3.15. The van der Waals surface area contributed by atoms with Crippen LogP contribution in [0.15, 0.2) is 12.3 Å². The Kier molecular flexibility index (Phi) is 2.35. The van der Waals surface area contributed by atoms with Crippen LogP contribution in [0.25, 0.3) is 0 Å². The van der Waals surface area contributed by atoms with E-state index in [4.69, 9.17) is 5.73 Å². The summed E-state index contributed by atoms with van der Waals surface area (Å²) in [5, 5.41) is 0. The van der Waals surface area contributed by atoms with Gasteiger partial charge in [0.05, 0.1) is 11.2 Å². The zero-order valence-electron chi connectivity index (χ0n) is 6.95. The lowest BCUT2D eigenvalue weighted by Gasteiger charge is -2.06. The van der Waals surface area contributed by atoms with Gasteiger partial charge in [0, 0.05) is 6.20 Å². The van der Waals surface area contributed by atoms with Gasteiger partial charge in [0.15, 0.2) is 0 Å². The maximum absolute atomic E-state index is 5.95. The Morgan fingerprint density at radius 2 is 2.17 bits per heavy atom.